The zero-order chi connectivity index (χ0) is 17.5. The first-order valence-corrected chi connectivity index (χ1v) is 7.93. The van der Waals surface area contributed by atoms with Gasteiger partial charge in [0.1, 0.15) is 23.4 Å². The molecular formula is C17H14F2N2O2S. The molecule has 0 heterocycles. The monoisotopic (exact) mass is 348 g/mol. The minimum Gasteiger partial charge on any atom is -0.497 e. The van der Waals surface area contributed by atoms with Crippen molar-refractivity contribution in [2.24, 2.45) is 0 Å². The summed E-state index contributed by atoms with van der Waals surface area (Å²) < 4.78 is 31.7. The molecule has 0 bridgehead atoms. The van der Waals surface area contributed by atoms with Gasteiger partial charge in [-0.25, -0.2) is 8.78 Å². The second-order valence-corrected chi connectivity index (χ2v) is 5.81. The predicted octanol–water partition coefficient (Wildman–Crippen LogP) is 3.45. The Kier molecular flexibility index (Phi) is 6.15. The summed E-state index contributed by atoms with van der Waals surface area (Å²) >= 11 is 1.26. The lowest BCUT2D eigenvalue weighted by Gasteiger charge is -2.13. The van der Waals surface area contributed by atoms with E-state index in [1.165, 1.54) is 11.8 Å². The molecule has 0 aromatic heterocycles. The zero-order valence-corrected chi connectivity index (χ0v) is 13.6. The summed E-state index contributed by atoms with van der Waals surface area (Å²) in [6, 6.07) is 10.7. The number of amides is 1. The highest BCUT2D eigenvalue weighted by Crippen LogP contribution is 2.23. The molecule has 0 aliphatic carbocycles. The van der Waals surface area contributed by atoms with E-state index in [0.717, 1.165) is 17.0 Å². The largest absolute Gasteiger partial charge is 0.497 e. The molecule has 4 nitrogen and oxygen atoms in total. The molecule has 2 rings (SSSR count). The number of carbonyl (C=O) groups excluding carboxylic acids is 1. The summed E-state index contributed by atoms with van der Waals surface area (Å²) in [4.78, 5) is 12.8. The standard InChI is InChI=1S/C17H14F2N2O2S/c1-23-12-3-2-4-13(8-12)24-10-17(22)21-16(9-20)14-6-5-11(18)7-15(14)19/h2-8,16H,10H2,1H3,(H,21,22). The summed E-state index contributed by atoms with van der Waals surface area (Å²) in [5.41, 5.74) is -0.0707. The third kappa shape index (κ3) is 4.70. The van der Waals surface area contributed by atoms with E-state index in [1.54, 1.807) is 31.4 Å². The molecule has 1 N–H and O–H groups in total. The molecule has 0 saturated heterocycles. The van der Waals surface area contributed by atoms with Gasteiger partial charge in [-0.2, -0.15) is 5.26 Å². The van der Waals surface area contributed by atoms with Crippen LogP contribution in [0.25, 0.3) is 0 Å². The van der Waals surface area contributed by atoms with Gasteiger partial charge < -0.3 is 10.1 Å². The van der Waals surface area contributed by atoms with Gasteiger partial charge in [0.2, 0.25) is 5.91 Å². The Bertz CT molecular complexity index is 777. The molecule has 124 valence electrons. The van der Waals surface area contributed by atoms with Crippen LogP contribution in [0.15, 0.2) is 47.4 Å². The first-order valence-electron chi connectivity index (χ1n) is 6.94. The molecule has 0 radical (unpaired) electrons. The molecule has 0 fully saturated rings. The van der Waals surface area contributed by atoms with Crippen molar-refractivity contribution in [3.63, 3.8) is 0 Å². The van der Waals surface area contributed by atoms with Gasteiger partial charge in [-0.15, -0.1) is 11.8 Å². The fourth-order valence-electron chi connectivity index (χ4n) is 1.96. The fourth-order valence-corrected chi connectivity index (χ4v) is 2.71. The average Bonchev–Trinajstić information content (AvgIpc) is 2.58. The molecule has 7 heteroatoms. The molecule has 2 aromatic carbocycles. The van der Waals surface area contributed by atoms with Crippen molar-refractivity contribution in [3.8, 4) is 11.8 Å². The van der Waals surface area contributed by atoms with Gasteiger partial charge in [0.05, 0.1) is 18.9 Å². The summed E-state index contributed by atoms with van der Waals surface area (Å²) in [6.07, 6.45) is 0. The lowest BCUT2D eigenvalue weighted by molar-refractivity contribution is -0.118. The Morgan fingerprint density at radius 2 is 2.12 bits per heavy atom. The van der Waals surface area contributed by atoms with Crippen LogP contribution >= 0.6 is 11.8 Å². The number of benzene rings is 2. The fraction of sp³-hybridized carbons (Fsp3) is 0.176. The summed E-state index contributed by atoms with van der Waals surface area (Å²) in [5.74, 6) is -1.33. The van der Waals surface area contributed by atoms with Crippen molar-refractivity contribution >= 4 is 17.7 Å². The Balaban J connectivity index is 1.98. The molecule has 0 saturated carbocycles. The van der Waals surface area contributed by atoms with E-state index >= 15 is 0 Å². The highest BCUT2D eigenvalue weighted by Gasteiger charge is 2.18. The smallest absolute Gasteiger partial charge is 0.231 e. The number of nitrogens with one attached hydrogen (secondary N) is 1. The second kappa shape index (κ2) is 8.31. The second-order valence-electron chi connectivity index (χ2n) is 4.76. The van der Waals surface area contributed by atoms with Crippen molar-refractivity contribution in [2.45, 2.75) is 10.9 Å². The molecule has 0 aliphatic rings. The van der Waals surface area contributed by atoms with Crippen LogP contribution in [0.2, 0.25) is 0 Å². The molecule has 1 amide bonds. The lowest BCUT2D eigenvalue weighted by Crippen LogP contribution is -2.29. The van der Waals surface area contributed by atoms with Crippen molar-refractivity contribution in [1.29, 1.82) is 5.26 Å². The molecule has 1 atom stereocenters. The number of hydrogen-bond donors (Lipinski definition) is 1. The van der Waals surface area contributed by atoms with Crippen LogP contribution in [-0.2, 0) is 4.79 Å². The third-order valence-corrected chi connectivity index (χ3v) is 4.11. The van der Waals surface area contributed by atoms with Crippen LogP contribution in [0.3, 0.4) is 0 Å². The topological polar surface area (TPSA) is 62.1 Å². The number of halogens is 2. The Morgan fingerprint density at radius 1 is 1.33 bits per heavy atom. The maximum absolute atomic E-state index is 13.7. The number of hydrogen-bond acceptors (Lipinski definition) is 4. The van der Waals surface area contributed by atoms with E-state index < -0.39 is 23.6 Å². The van der Waals surface area contributed by atoms with Crippen LogP contribution in [0, 0.1) is 23.0 Å². The van der Waals surface area contributed by atoms with Crippen molar-refractivity contribution in [2.75, 3.05) is 12.9 Å². The minimum absolute atomic E-state index is 0.0498. The Hall–Kier alpha value is -2.59. The van der Waals surface area contributed by atoms with Gasteiger partial charge in [0.15, 0.2) is 0 Å². The predicted molar refractivity (Wildman–Crippen MR) is 86.6 cm³/mol. The summed E-state index contributed by atoms with van der Waals surface area (Å²) in [5, 5.41) is 11.6. The number of nitrogens with zero attached hydrogens (tertiary/aromatic N) is 1. The molecule has 0 spiro atoms. The van der Waals surface area contributed by atoms with Gasteiger partial charge in [-0.1, -0.05) is 12.1 Å². The molecule has 24 heavy (non-hydrogen) atoms. The number of thioether (sulfide) groups is 1. The Morgan fingerprint density at radius 3 is 2.79 bits per heavy atom. The lowest BCUT2D eigenvalue weighted by atomic mass is 10.1. The van der Waals surface area contributed by atoms with E-state index in [0.29, 0.717) is 11.8 Å². The normalized spacial score (nSPS) is 11.4. The maximum atomic E-state index is 13.7. The molecule has 2 aromatic rings. The summed E-state index contributed by atoms with van der Waals surface area (Å²) in [6.45, 7) is 0. The van der Waals surface area contributed by atoms with Crippen LogP contribution in [-0.4, -0.2) is 18.8 Å². The first-order chi connectivity index (χ1) is 11.5. The SMILES string of the molecule is COc1cccc(SCC(=O)NC(C#N)c2ccc(F)cc2F)c1. The molecule has 1 unspecified atom stereocenters. The number of carbonyl (C=O) groups is 1. The van der Waals surface area contributed by atoms with E-state index in [1.807, 2.05) is 6.07 Å². The van der Waals surface area contributed by atoms with Gasteiger partial charge in [-0.05, 0) is 24.3 Å². The van der Waals surface area contributed by atoms with Crippen molar-refractivity contribution < 1.29 is 18.3 Å². The average molecular weight is 348 g/mol. The highest BCUT2D eigenvalue weighted by atomic mass is 32.2. The number of nitriles is 1. The molecule has 0 aliphatic heterocycles. The van der Waals surface area contributed by atoms with Gasteiger partial charge in [-0.3, -0.25) is 4.79 Å². The zero-order valence-electron chi connectivity index (χ0n) is 12.8. The van der Waals surface area contributed by atoms with Crippen LogP contribution in [0.1, 0.15) is 11.6 Å². The van der Waals surface area contributed by atoms with Crippen molar-refractivity contribution in [3.05, 3.63) is 59.7 Å². The van der Waals surface area contributed by atoms with Crippen molar-refractivity contribution in [1.82, 2.24) is 5.32 Å². The first kappa shape index (κ1) is 17.8. The third-order valence-electron chi connectivity index (χ3n) is 3.12. The maximum Gasteiger partial charge on any atom is 0.231 e. The van der Waals surface area contributed by atoms with Gasteiger partial charge in [0, 0.05) is 16.5 Å². The number of methoxy groups -OCH3 is 1. The number of ether oxygens (including phenoxy) is 1. The molecular weight excluding hydrogens is 334 g/mol. The van der Waals surface area contributed by atoms with Crippen LogP contribution < -0.4 is 10.1 Å². The van der Waals surface area contributed by atoms with Crippen LogP contribution in [0.4, 0.5) is 8.78 Å². The Labute approximate surface area is 142 Å². The van der Waals surface area contributed by atoms with Gasteiger partial charge in [0.25, 0.3) is 0 Å². The van der Waals surface area contributed by atoms with E-state index in [9.17, 15) is 13.6 Å². The van der Waals surface area contributed by atoms with E-state index in [2.05, 4.69) is 5.32 Å². The minimum atomic E-state index is -1.18. The highest BCUT2D eigenvalue weighted by molar-refractivity contribution is 8.00. The van der Waals surface area contributed by atoms with Crippen LogP contribution in [0.5, 0.6) is 5.75 Å². The van der Waals surface area contributed by atoms with E-state index in [-0.39, 0.29) is 11.3 Å². The summed E-state index contributed by atoms with van der Waals surface area (Å²) in [7, 11) is 1.55. The number of rotatable bonds is 6. The van der Waals surface area contributed by atoms with E-state index in [4.69, 9.17) is 10.00 Å². The van der Waals surface area contributed by atoms with Gasteiger partial charge >= 0.3 is 0 Å². The quantitative estimate of drug-likeness (QED) is 0.812.